The summed E-state index contributed by atoms with van der Waals surface area (Å²) in [6.45, 7) is 1.82. The lowest BCUT2D eigenvalue weighted by Gasteiger charge is -2.06. The molecule has 1 aromatic carbocycles. The molecule has 18 heavy (non-hydrogen) atoms. The van der Waals surface area contributed by atoms with Gasteiger partial charge in [0.1, 0.15) is 12.4 Å². The van der Waals surface area contributed by atoms with Crippen molar-refractivity contribution in [3.8, 4) is 11.8 Å². The minimum absolute atomic E-state index is 0.0938. The first-order chi connectivity index (χ1) is 8.67. The summed E-state index contributed by atoms with van der Waals surface area (Å²) >= 11 is 0. The summed E-state index contributed by atoms with van der Waals surface area (Å²) < 4.78 is 13.5. The van der Waals surface area contributed by atoms with Crippen LogP contribution in [-0.2, 0) is 11.3 Å². The van der Waals surface area contributed by atoms with Crippen LogP contribution in [0.25, 0.3) is 0 Å². The molecule has 0 aliphatic heterocycles. The molecule has 96 valence electrons. The molecule has 0 atom stereocenters. The summed E-state index contributed by atoms with van der Waals surface area (Å²) in [6.07, 6.45) is 1.20. The quantitative estimate of drug-likeness (QED) is 0.796. The molecule has 0 saturated heterocycles. The predicted octanol–water partition coefficient (Wildman–Crippen LogP) is 1.59. The average Bonchev–Trinajstić information content (AvgIpc) is 2.36. The maximum Gasteiger partial charge on any atom is 0.220 e. The van der Waals surface area contributed by atoms with Crippen LogP contribution in [0.1, 0.15) is 30.9 Å². The van der Waals surface area contributed by atoms with E-state index in [1.165, 1.54) is 12.1 Å². The van der Waals surface area contributed by atoms with Crippen LogP contribution in [0.3, 0.4) is 0 Å². The lowest BCUT2D eigenvalue weighted by Crippen LogP contribution is -2.22. The number of amides is 1. The summed E-state index contributed by atoms with van der Waals surface area (Å²) in [5.41, 5.74) is 1.01. The van der Waals surface area contributed by atoms with Crippen molar-refractivity contribution in [2.75, 3.05) is 6.61 Å². The molecule has 1 rings (SSSR count). The highest BCUT2D eigenvalue weighted by Crippen LogP contribution is 2.10. The highest BCUT2D eigenvalue weighted by atomic mass is 19.1. The van der Waals surface area contributed by atoms with Gasteiger partial charge in [0.15, 0.2) is 0 Å². The molecule has 0 bridgehead atoms. The molecule has 4 heteroatoms. The molecule has 0 saturated carbocycles. The lowest BCUT2D eigenvalue weighted by atomic mass is 10.1. The summed E-state index contributed by atoms with van der Waals surface area (Å²) in [4.78, 5) is 11.3. The molecule has 2 N–H and O–H groups in total. The van der Waals surface area contributed by atoms with Crippen LogP contribution in [0.15, 0.2) is 18.2 Å². The van der Waals surface area contributed by atoms with E-state index in [1.807, 2.05) is 6.92 Å². The first kappa shape index (κ1) is 14.2. The number of halogens is 1. The van der Waals surface area contributed by atoms with Crippen LogP contribution in [0, 0.1) is 17.7 Å². The molecule has 0 spiro atoms. The average molecular weight is 249 g/mol. The Kier molecular flexibility index (Phi) is 5.89. The van der Waals surface area contributed by atoms with E-state index in [-0.39, 0.29) is 24.9 Å². The van der Waals surface area contributed by atoms with Gasteiger partial charge in [0.25, 0.3) is 0 Å². The van der Waals surface area contributed by atoms with E-state index >= 15 is 0 Å². The molecule has 0 unspecified atom stereocenters. The Morgan fingerprint density at radius 1 is 1.50 bits per heavy atom. The van der Waals surface area contributed by atoms with Gasteiger partial charge in [-0.1, -0.05) is 18.8 Å². The van der Waals surface area contributed by atoms with Gasteiger partial charge in [0.2, 0.25) is 5.91 Å². The van der Waals surface area contributed by atoms with Gasteiger partial charge in [-0.2, -0.15) is 0 Å². The second-order valence-corrected chi connectivity index (χ2v) is 3.79. The van der Waals surface area contributed by atoms with Gasteiger partial charge in [-0.25, -0.2) is 4.39 Å². The highest BCUT2D eigenvalue weighted by Gasteiger charge is 2.05. The van der Waals surface area contributed by atoms with Crippen LogP contribution in [0.4, 0.5) is 4.39 Å². The van der Waals surface area contributed by atoms with Crippen molar-refractivity contribution in [1.82, 2.24) is 5.32 Å². The fourth-order valence-electron chi connectivity index (χ4n) is 1.44. The number of carbonyl (C=O) groups excluding carboxylic acids is 1. The van der Waals surface area contributed by atoms with Gasteiger partial charge in [-0.15, -0.1) is 0 Å². The highest BCUT2D eigenvalue weighted by molar-refractivity contribution is 5.75. The van der Waals surface area contributed by atoms with Crippen molar-refractivity contribution in [3.05, 3.63) is 35.1 Å². The van der Waals surface area contributed by atoms with E-state index in [0.29, 0.717) is 17.5 Å². The maximum absolute atomic E-state index is 13.5. The molecule has 0 heterocycles. The summed E-state index contributed by atoms with van der Waals surface area (Å²) in [5, 5.41) is 11.2. The van der Waals surface area contributed by atoms with E-state index in [9.17, 15) is 9.18 Å². The van der Waals surface area contributed by atoms with Gasteiger partial charge in [0, 0.05) is 24.1 Å². The molecule has 0 radical (unpaired) electrons. The largest absolute Gasteiger partial charge is 0.384 e. The molecule has 1 amide bonds. The monoisotopic (exact) mass is 249 g/mol. The molecule has 0 fully saturated rings. The second kappa shape index (κ2) is 7.46. The van der Waals surface area contributed by atoms with E-state index in [0.717, 1.165) is 6.42 Å². The molecular formula is C14H16FNO2. The maximum atomic E-state index is 13.5. The number of carbonyl (C=O) groups is 1. The van der Waals surface area contributed by atoms with Crippen molar-refractivity contribution in [2.45, 2.75) is 26.3 Å². The fourth-order valence-corrected chi connectivity index (χ4v) is 1.44. The van der Waals surface area contributed by atoms with Crippen molar-refractivity contribution in [3.63, 3.8) is 0 Å². The second-order valence-electron chi connectivity index (χ2n) is 3.79. The van der Waals surface area contributed by atoms with Crippen LogP contribution in [0.2, 0.25) is 0 Å². The number of aliphatic hydroxyl groups is 1. The standard InChI is InChI=1S/C14H16FNO2/c1-2-4-14(18)16-10-12-9-11(5-3-8-17)6-7-13(12)15/h6-7,9,17H,2,4,8,10H2,1H3,(H,16,18). The van der Waals surface area contributed by atoms with Gasteiger partial charge < -0.3 is 10.4 Å². The molecule has 0 aliphatic carbocycles. The molecular weight excluding hydrogens is 233 g/mol. The summed E-state index contributed by atoms with van der Waals surface area (Å²) in [7, 11) is 0. The van der Waals surface area contributed by atoms with Crippen LogP contribution >= 0.6 is 0 Å². The third kappa shape index (κ3) is 4.56. The van der Waals surface area contributed by atoms with Crippen molar-refractivity contribution < 1.29 is 14.3 Å². The molecule has 3 nitrogen and oxygen atoms in total. The normalized spacial score (nSPS) is 9.50. The smallest absolute Gasteiger partial charge is 0.220 e. The zero-order valence-electron chi connectivity index (χ0n) is 10.3. The van der Waals surface area contributed by atoms with Crippen molar-refractivity contribution >= 4 is 5.91 Å². The zero-order valence-corrected chi connectivity index (χ0v) is 10.3. The Hall–Kier alpha value is -1.86. The van der Waals surface area contributed by atoms with Crippen LogP contribution < -0.4 is 5.32 Å². The number of hydrogen-bond acceptors (Lipinski definition) is 2. The Morgan fingerprint density at radius 2 is 2.28 bits per heavy atom. The first-order valence-electron chi connectivity index (χ1n) is 5.82. The number of rotatable bonds is 4. The third-order valence-electron chi connectivity index (χ3n) is 2.31. The van der Waals surface area contributed by atoms with E-state index in [2.05, 4.69) is 17.2 Å². The van der Waals surface area contributed by atoms with Crippen LogP contribution in [-0.4, -0.2) is 17.6 Å². The zero-order chi connectivity index (χ0) is 13.4. The van der Waals surface area contributed by atoms with E-state index < -0.39 is 0 Å². The Bertz CT molecular complexity index is 474. The van der Waals surface area contributed by atoms with Crippen LogP contribution in [0.5, 0.6) is 0 Å². The predicted molar refractivity (Wildman–Crippen MR) is 67.1 cm³/mol. The number of hydrogen-bond donors (Lipinski definition) is 2. The Morgan fingerprint density at radius 3 is 2.94 bits per heavy atom. The molecule has 0 aliphatic rings. The van der Waals surface area contributed by atoms with Gasteiger partial charge in [-0.05, 0) is 24.6 Å². The van der Waals surface area contributed by atoms with Crippen molar-refractivity contribution in [2.24, 2.45) is 0 Å². The lowest BCUT2D eigenvalue weighted by molar-refractivity contribution is -0.121. The summed E-state index contributed by atoms with van der Waals surface area (Å²) in [6, 6.07) is 4.42. The summed E-state index contributed by atoms with van der Waals surface area (Å²) in [5.74, 6) is 4.72. The Labute approximate surface area is 106 Å². The minimum atomic E-state index is -0.374. The van der Waals surface area contributed by atoms with Gasteiger partial charge in [0.05, 0.1) is 0 Å². The van der Waals surface area contributed by atoms with Crippen molar-refractivity contribution in [1.29, 1.82) is 0 Å². The third-order valence-corrected chi connectivity index (χ3v) is 2.31. The van der Waals surface area contributed by atoms with Gasteiger partial charge in [-0.3, -0.25) is 4.79 Å². The number of benzene rings is 1. The van der Waals surface area contributed by atoms with Gasteiger partial charge >= 0.3 is 0 Å². The van der Waals surface area contributed by atoms with E-state index in [1.54, 1.807) is 6.07 Å². The van der Waals surface area contributed by atoms with E-state index in [4.69, 9.17) is 5.11 Å². The SMILES string of the molecule is CCCC(=O)NCc1cc(C#CCO)ccc1F. The molecule has 1 aromatic rings. The fraction of sp³-hybridized carbons (Fsp3) is 0.357. The number of aliphatic hydroxyl groups excluding tert-OH is 1. The Balaban J connectivity index is 2.72. The molecule has 0 aromatic heterocycles. The minimum Gasteiger partial charge on any atom is -0.384 e. The first-order valence-corrected chi connectivity index (χ1v) is 5.82. The number of nitrogens with one attached hydrogen (secondary N) is 1. The topological polar surface area (TPSA) is 49.3 Å².